The number of ether oxygens (including phenoxy) is 1. The topological polar surface area (TPSA) is 50.8 Å². The molecule has 2 aromatic rings. The van der Waals surface area contributed by atoms with Gasteiger partial charge in [0.2, 0.25) is 0 Å². The summed E-state index contributed by atoms with van der Waals surface area (Å²) < 4.78 is 18.3. The summed E-state index contributed by atoms with van der Waals surface area (Å²) in [6, 6.07) is 4.24. The van der Waals surface area contributed by atoms with Gasteiger partial charge in [-0.15, -0.1) is 0 Å². The normalized spacial score (nSPS) is 10.3. The van der Waals surface area contributed by atoms with Crippen molar-refractivity contribution in [1.29, 1.82) is 0 Å². The first kappa shape index (κ1) is 9.92. The lowest BCUT2D eigenvalue weighted by molar-refractivity contribution is 0.295. The highest BCUT2D eigenvalue weighted by molar-refractivity contribution is 6.30. The molecule has 0 bridgehead atoms. The van der Waals surface area contributed by atoms with E-state index in [-0.39, 0.29) is 11.6 Å². The zero-order chi connectivity index (χ0) is 10.7. The fourth-order valence-corrected chi connectivity index (χ4v) is 1.14. The van der Waals surface area contributed by atoms with Crippen LogP contribution in [-0.4, -0.2) is 15.2 Å². The Labute approximate surface area is 90.1 Å². The number of halogens is 2. The van der Waals surface area contributed by atoms with Crippen LogP contribution in [0.1, 0.15) is 5.82 Å². The molecule has 0 amide bonds. The minimum absolute atomic E-state index is 0.0713. The summed E-state index contributed by atoms with van der Waals surface area (Å²) in [7, 11) is 0. The van der Waals surface area contributed by atoms with Crippen LogP contribution < -0.4 is 4.74 Å². The molecule has 0 fully saturated rings. The molecule has 1 aromatic heterocycles. The molecule has 0 atom stereocenters. The molecule has 1 heterocycles. The zero-order valence-corrected chi connectivity index (χ0v) is 8.33. The largest absolute Gasteiger partial charge is 0.486 e. The lowest BCUT2D eigenvalue weighted by Crippen LogP contribution is -1.97. The highest BCUT2D eigenvalue weighted by Gasteiger charge is 2.02. The number of aromatic nitrogens is 3. The van der Waals surface area contributed by atoms with Crippen LogP contribution >= 0.6 is 11.6 Å². The maximum absolute atomic E-state index is 13.0. The van der Waals surface area contributed by atoms with E-state index < -0.39 is 5.82 Å². The van der Waals surface area contributed by atoms with Gasteiger partial charge in [-0.3, -0.25) is 5.10 Å². The Hall–Kier alpha value is -1.62. The first-order valence-corrected chi connectivity index (χ1v) is 4.55. The molecule has 4 nitrogen and oxygen atoms in total. The molecule has 2 rings (SSSR count). The summed E-state index contributed by atoms with van der Waals surface area (Å²) in [5, 5.41) is 6.35. The molecule has 1 aromatic carbocycles. The van der Waals surface area contributed by atoms with Gasteiger partial charge in [0, 0.05) is 6.07 Å². The Balaban J connectivity index is 2.02. The van der Waals surface area contributed by atoms with Gasteiger partial charge >= 0.3 is 0 Å². The smallest absolute Gasteiger partial charge is 0.162 e. The fourth-order valence-electron chi connectivity index (χ4n) is 1.02. The Bertz CT molecular complexity index is 447. The lowest BCUT2D eigenvalue weighted by atomic mass is 10.3. The number of rotatable bonds is 3. The van der Waals surface area contributed by atoms with Crippen LogP contribution in [0.15, 0.2) is 24.5 Å². The van der Waals surface area contributed by atoms with E-state index in [1.54, 1.807) is 6.07 Å². The van der Waals surface area contributed by atoms with Gasteiger partial charge in [0.05, 0.1) is 5.02 Å². The van der Waals surface area contributed by atoms with Crippen molar-refractivity contribution in [2.24, 2.45) is 0 Å². The Morgan fingerprint density at radius 3 is 3.00 bits per heavy atom. The molecular formula is C9H7ClFN3O. The van der Waals surface area contributed by atoms with Crippen LogP contribution in [0.4, 0.5) is 4.39 Å². The standard InChI is InChI=1S/C9H7ClFN3O/c10-7-2-1-6(3-8(7)11)15-4-9-12-5-13-14-9/h1-3,5H,4H2,(H,12,13,14). The van der Waals surface area contributed by atoms with Gasteiger partial charge in [0.1, 0.15) is 24.5 Å². The van der Waals surface area contributed by atoms with Crippen molar-refractivity contribution < 1.29 is 9.13 Å². The van der Waals surface area contributed by atoms with Crippen molar-refractivity contribution in [1.82, 2.24) is 15.2 Å². The number of hydrogen-bond acceptors (Lipinski definition) is 3. The summed E-state index contributed by atoms with van der Waals surface area (Å²) in [6.45, 7) is 0.209. The Kier molecular flexibility index (Phi) is 2.82. The number of H-pyrrole nitrogens is 1. The van der Waals surface area contributed by atoms with Crippen molar-refractivity contribution in [3.05, 3.63) is 41.2 Å². The first-order chi connectivity index (χ1) is 7.25. The van der Waals surface area contributed by atoms with Crippen LogP contribution in [0.3, 0.4) is 0 Å². The number of aromatic amines is 1. The third-order valence-corrected chi connectivity index (χ3v) is 2.04. The quantitative estimate of drug-likeness (QED) is 0.874. The zero-order valence-electron chi connectivity index (χ0n) is 7.58. The second-order valence-corrected chi connectivity index (χ2v) is 3.20. The molecule has 15 heavy (non-hydrogen) atoms. The van der Waals surface area contributed by atoms with E-state index in [0.717, 1.165) is 0 Å². The third kappa shape index (κ3) is 2.44. The van der Waals surface area contributed by atoms with Gasteiger partial charge in [0.15, 0.2) is 5.82 Å². The minimum atomic E-state index is -0.508. The summed E-state index contributed by atoms with van der Waals surface area (Å²) in [5.41, 5.74) is 0. The molecule has 6 heteroatoms. The monoisotopic (exact) mass is 227 g/mol. The van der Waals surface area contributed by atoms with Crippen molar-refractivity contribution >= 4 is 11.6 Å². The summed E-state index contributed by atoms with van der Waals surface area (Å²) in [5.74, 6) is 0.463. The van der Waals surface area contributed by atoms with Crippen LogP contribution in [0.25, 0.3) is 0 Å². The van der Waals surface area contributed by atoms with Crippen molar-refractivity contribution in [3.63, 3.8) is 0 Å². The SMILES string of the molecule is Fc1cc(OCc2ncn[nH]2)ccc1Cl. The minimum Gasteiger partial charge on any atom is -0.486 e. The van der Waals surface area contributed by atoms with Gasteiger partial charge < -0.3 is 4.74 Å². The van der Waals surface area contributed by atoms with Gasteiger partial charge in [0.25, 0.3) is 0 Å². The molecule has 0 aliphatic heterocycles. The molecule has 1 N–H and O–H groups in total. The third-order valence-electron chi connectivity index (χ3n) is 1.73. The predicted octanol–water partition coefficient (Wildman–Crippen LogP) is 2.18. The van der Waals surface area contributed by atoms with Crippen LogP contribution in [0.2, 0.25) is 5.02 Å². The van der Waals surface area contributed by atoms with Gasteiger partial charge in [-0.2, -0.15) is 5.10 Å². The van der Waals surface area contributed by atoms with E-state index in [9.17, 15) is 4.39 Å². The maximum Gasteiger partial charge on any atom is 0.162 e. The molecule has 0 spiro atoms. The Morgan fingerprint density at radius 1 is 1.47 bits per heavy atom. The molecule has 0 unspecified atom stereocenters. The molecule has 0 aliphatic rings. The molecular weight excluding hydrogens is 221 g/mol. The number of nitrogens with zero attached hydrogens (tertiary/aromatic N) is 2. The van der Waals surface area contributed by atoms with Crippen LogP contribution in [0.5, 0.6) is 5.75 Å². The second-order valence-electron chi connectivity index (χ2n) is 2.80. The number of benzene rings is 1. The molecule has 78 valence electrons. The first-order valence-electron chi connectivity index (χ1n) is 4.18. The van der Waals surface area contributed by atoms with Gasteiger partial charge in [-0.05, 0) is 12.1 Å². The summed E-state index contributed by atoms with van der Waals surface area (Å²) in [4.78, 5) is 3.86. The van der Waals surface area contributed by atoms with Gasteiger partial charge in [-0.1, -0.05) is 11.6 Å². The van der Waals surface area contributed by atoms with Crippen LogP contribution in [-0.2, 0) is 6.61 Å². The van der Waals surface area contributed by atoms with E-state index in [2.05, 4.69) is 15.2 Å². The Morgan fingerprint density at radius 2 is 2.33 bits per heavy atom. The maximum atomic E-state index is 13.0. The average Bonchev–Trinajstić information content (AvgIpc) is 2.73. The predicted molar refractivity (Wildman–Crippen MR) is 52.1 cm³/mol. The van der Waals surface area contributed by atoms with Gasteiger partial charge in [-0.25, -0.2) is 9.37 Å². The van der Waals surface area contributed by atoms with E-state index in [1.165, 1.54) is 18.5 Å². The lowest BCUT2D eigenvalue weighted by Gasteiger charge is -2.04. The summed E-state index contributed by atoms with van der Waals surface area (Å²) >= 11 is 5.52. The molecule has 0 aliphatic carbocycles. The van der Waals surface area contributed by atoms with E-state index in [0.29, 0.717) is 11.6 Å². The summed E-state index contributed by atoms with van der Waals surface area (Å²) in [6.07, 6.45) is 1.38. The highest BCUT2D eigenvalue weighted by Crippen LogP contribution is 2.20. The fraction of sp³-hybridized carbons (Fsp3) is 0.111. The van der Waals surface area contributed by atoms with Crippen molar-refractivity contribution in [3.8, 4) is 5.75 Å². The van der Waals surface area contributed by atoms with Crippen molar-refractivity contribution in [2.45, 2.75) is 6.61 Å². The molecule has 0 saturated heterocycles. The van der Waals surface area contributed by atoms with E-state index >= 15 is 0 Å². The molecule has 0 radical (unpaired) electrons. The van der Waals surface area contributed by atoms with Crippen LogP contribution in [0, 0.1) is 5.82 Å². The highest BCUT2D eigenvalue weighted by atomic mass is 35.5. The van der Waals surface area contributed by atoms with E-state index in [4.69, 9.17) is 16.3 Å². The van der Waals surface area contributed by atoms with E-state index in [1.807, 2.05) is 0 Å². The average molecular weight is 228 g/mol. The number of nitrogens with one attached hydrogen (secondary N) is 1. The second kappa shape index (κ2) is 4.27. The van der Waals surface area contributed by atoms with Crippen molar-refractivity contribution in [2.75, 3.05) is 0 Å². The number of hydrogen-bond donors (Lipinski definition) is 1. The molecule has 0 saturated carbocycles.